The standard InChI is InChI=1S/C18H23F3N4O3/c1-5-17(6-2)15(27)25(16(28)23-17)10-14(26)22-12-9-11(18(19,20)21)7-8-13(12)24(3)4/h7-9H,5-6,10H2,1-4H3,(H,22,26)(H,23,28). The van der Waals surface area contributed by atoms with Crippen LogP contribution in [-0.2, 0) is 15.8 Å². The van der Waals surface area contributed by atoms with Gasteiger partial charge in [0.2, 0.25) is 5.91 Å². The summed E-state index contributed by atoms with van der Waals surface area (Å²) in [7, 11) is 3.24. The summed E-state index contributed by atoms with van der Waals surface area (Å²) in [6.07, 6.45) is -3.84. The molecule has 0 aromatic heterocycles. The Morgan fingerprint density at radius 2 is 1.82 bits per heavy atom. The summed E-state index contributed by atoms with van der Waals surface area (Å²) < 4.78 is 39.0. The number of alkyl halides is 3. The average Bonchev–Trinajstić information content (AvgIpc) is 2.85. The van der Waals surface area contributed by atoms with Crippen LogP contribution in [0.3, 0.4) is 0 Å². The first-order chi connectivity index (χ1) is 12.9. The quantitative estimate of drug-likeness (QED) is 0.720. The van der Waals surface area contributed by atoms with Crippen LogP contribution < -0.4 is 15.5 Å². The molecule has 0 bridgehead atoms. The Morgan fingerprint density at radius 3 is 2.29 bits per heavy atom. The summed E-state index contributed by atoms with van der Waals surface area (Å²) in [5.74, 6) is -1.29. The molecule has 4 amide bonds. The van der Waals surface area contributed by atoms with Crippen molar-refractivity contribution in [2.45, 2.75) is 38.4 Å². The summed E-state index contributed by atoms with van der Waals surface area (Å²) in [5, 5.41) is 4.98. The van der Waals surface area contributed by atoms with E-state index in [0.29, 0.717) is 18.5 Å². The minimum Gasteiger partial charge on any atom is -0.376 e. The van der Waals surface area contributed by atoms with Gasteiger partial charge >= 0.3 is 12.2 Å². The number of carbonyl (C=O) groups excluding carboxylic acids is 3. The fourth-order valence-corrected chi connectivity index (χ4v) is 3.08. The first-order valence-electron chi connectivity index (χ1n) is 8.77. The highest BCUT2D eigenvalue weighted by atomic mass is 19.4. The van der Waals surface area contributed by atoms with E-state index in [9.17, 15) is 27.6 Å². The number of halogens is 3. The average molecular weight is 400 g/mol. The van der Waals surface area contributed by atoms with Crippen molar-refractivity contribution >= 4 is 29.2 Å². The van der Waals surface area contributed by atoms with Crippen molar-refractivity contribution < 1.29 is 27.6 Å². The van der Waals surface area contributed by atoms with Crippen molar-refractivity contribution in [2.24, 2.45) is 0 Å². The number of nitrogens with zero attached hydrogens (tertiary/aromatic N) is 2. The van der Waals surface area contributed by atoms with E-state index in [4.69, 9.17) is 0 Å². The van der Waals surface area contributed by atoms with Crippen LogP contribution in [-0.4, -0.2) is 48.9 Å². The number of anilines is 2. The summed E-state index contributed by atoms with van der Waals surface area (Å²) in [5.41, 5.74) is -1.67. The van der Waals surface area contributed by atoms with Crippen LogP contribution in [0.2, 0.25) is 0 Å². The van der Waals surface area contributed by atoms with E-state index < -0.39 is 41.7 Å². The fourth-order valence-electron chi connectivity index (χ4n) is 3.08. The van der Waals surface area contributed by atoms with Gasteiger partial charge in [-0.3, -0.25) is 14.5 Å². The Labute approximate surface area is 160 Å². The molecule has 1 aliphatic heterocycles. The molecule has 154 valence electrons. The molecule has 2 rings (SSSR count). The van der Waals surface area contributed by atoms with Crippen LogP contribution in [0.15, 0.2) is 18.2 Å². The van der Waals surface area contributed by atoms with Gasteiger partial charge in [-0.1, -0.05) is 13.8 Å². The smallest absolute Gasteiger partial charge is 0.376 e. The molecule has 1 aromatic rings. The predicted molar refractivity (Wildman–Crippen MR) is 98.0 cm³/mol. The molecule has 10 heteroatoms. The molecule has 28 heavy (non-hydrogen) atoms. The number of urea groups is 1. The number of imide groups is 1. The van der Waals surface area contributed by atoms with Crippen molar-refractivity contribution in [1.82, 2.24) is 10.2 Å². The third-order valence-electron chi connectivity index (χ3n) is 4.83. The Hall–Kier alpha value is -2.78. The highest BCUT2D eigenvalue weighted by Crippen LogP contribution is 2.35. The van der Waals surface area contributed by atoms with Gasteiger partial charge in [0.15, 0.2) is 0 Å². The maximum absolute atomic E-state index is 13.0. The second-order valence-corrected chi connectivity index (χ2v) is 6.78. The maximum atomic E-state index is 13.0. The van der Waals surface area contributed by atoms with Crippen LogP contribution in [0.25, 0.3) is 0 Å². The lowest BCUT2D eigenvalue weighted by Gasteiger charge is -2.23. The number of rotatable bonds is 6. The number of amides is 4. The first-order valence-corrected chi connectivity index (χ1v) is 8.77. The van der Waals surface area contributed by atoms with Gasteiger partial charge in [0, 0.05) is 14.1 Å². The third-order valence-corrected chi connectivity index (χ3v) is 4.83. The number of hydrogen-bond acceptors (Lipinski definition) is 4. The van der Waals surface area contributed by atoms with Gasteiger partial charge in [-0.05, 0) is 31.0 Å². The van der Waals surface area contributed by atoms with Crippen molar-refractivity contribution in [3.63, 3.8) is 0 Å². The molecule has 1 aromatic carbocycles. The minimum absolute atomic E-state index is 0.0610. The van der Waals surface area contributed by atoms with Gasteiger partial charge in [0.05, 0.1) is 16.9 Å². The SMILES string of the molecule is CCC1(CC)NC(=O)N(CC(=O)Nc2cc(C(F)(F)F)ccc2N(C)C)C1=O. The monoisotopic (exact) mass is 400 g/mol. The second-order valence-electron chi connectivity index (χ2n) is 6.78. The topological polar surface area (TPSA) is 81.8 Å². The van der Waals surface area contributed by atoms with Crippen LogP contribution in [0.5, 0.6) is 0 Å². The highest BCUT2D eigenvalue weighted by Gasteiger charge is 2.49. The molecular formula is C18H23F3N4O3. The van der Waals surface area contributed by atoms with Crippen LogP contribution in [0, 0.1) is 0 Å². The van der Waals surface area contributed by atoms with Crippen LogP contribution in [0.4, 0.5) is 29.3 Å². The summed E-state index contributed by atoms with van der Waals surface area (Å²) in [6.45, 7) is 2.91. The van der Waals surface area contributed by atoms with Gasteiger partial charge in [0.1, 0.15) is 12.1 Å². The Balaban J connectivity index is 2.23. The van der Waals surface area contributed by atoms with Crippen LogP contribution in [0.1, 0.15) is 32.3 Å². The van der Waals surface area contributed by atoms with Crippen molar-refractivity contribution in [3.05, 3.63) is 23.8 Å². The fraction of sp³-hybridized carbons (Fsp3) is 0.500. The molecule has 2 N–H and O–H groups in total. The van der Waals surface area contributed by atoms with Crippen molar-refractivity contribution in [3.8, 4) is 0 Å². The van der Waals surface area contributed by atoms with Crippen molar-refractivity contribution in [1.29, 1.82) is 0 Å². The van der Waals surface area contributed by atoms with E-state index in [2.05, 4.69) is 10.6 Å². The summed E-state index contributed by atoms with van der Waals surface area (Å²) >= 11 is 0. The molecular weight excluding hydrogens is 377 g/mol. The van der Waals surface area contributed by atoms with E-state index in [-0.39, 0.29) is 5.69 Å². The molecule has 1 saturated heterocycles. The molecule has 0 spiro atoms. The minimum atomic E-state index is -4.57. The van der Waals surface area contributed by atoms with Gasteiger partial charge in [0.25, 0.3) is 5.91 Å². The Bertz CT molecular complexity index is 789. The zero-order valence-electron chi connectivity index (χ0n) is 16.1. The lowest BCUT2D eigenvalue weighted by atomic mass is 9.93. The van der Waals surface area contributed by atoms with Crippen molar-refractivity contribution in [2.75, 3.05) is 30.9 Å². The first kappa shape index (κ1) is 21.5. The number of benzene rings is 1. The zero-order chi connectivity index (χ0) is 21.3. The molecule has 0 radical (unpaired) electrons. The Kier molecular flexibility index (Phi) is 5.91. The van der Waals surface area contributed by atoms with E-state index in [1.54, 1.807) is 32.8 Å². The Morgan fingerprint density at radius 1 is 1.21 bits per heavy atom. The van der Waals surface area contributed by atoms with E-state index in [0.717, 1.165) is 17.0 Å². The lowest BCUT2D eigenvalue weighted by Crippen LogP contribution is -2.46. The van der Waals surface area contributed by atoms with Gasteiger partial charge in [-0.2, -0.15) is 13.2 Å². The van der Waals surface area contributed by atoms with E-state index in [1.165, 1.54) is 6.07 Å². The van der Waals surface area contributed by atoms with Crippen LogP contribution >= 0.6 is 0 Å². The summed E-state index contributed by atoms with van der Waals surface area (Å²) in [4.78, 5) is 39.4. The summed E-state index contributed by atoms with van der Waals surface area (Å²) in [6, 6.07) is 2.28. The number of nitrogens with one attached hydrogen (secondary N) is 2. The highest BCUT2D eigenvalue weighted by molar-refractivity contribution is 6.10. The zero-order valence-corrected chi connectivity index (χ0v) is 16.1. The largest absolute Gasteiger partial charge is 0.416 e. The molecule has 1 heterocycles. The second kappa shape index (κ2) is 7.69. The number of carbonyl (C=O) groups is 3. The van der Waals surface area contributed by atoms with Gasteiger partial charge < -0.3 is 15.5 Å². The molecule has 0 unspecified atom stereocenters. The normalized spacial score (nSPS) is 16.2. The van der Waals surface area contributed by atoms with Gasteiger partial charge in [-0.25, -0.2) is 4.79 Å². The number of hydrogen-bond donors (Lipinski definition) is 2. The molecule has 0 aliphatic carbocycles. The van der Waals surface area contributed by atoms with Gasteiger partial charge in [-0.15, -0.1) is 0 Å². The molecule has 1 fully saturated rings. The van der Waals surface area contributed by atoms with E-state index >= 15 is 0 Å². The molecule has 7 nitrogen and oxygen atoms in total. The lowest BCUT2D eigenvalue weighted by molar-refractivity contribution is -0.137. The third kappa shape index (κ3) is 4.05. The molecule has 0 atom stereocenters. The molecule has 1 aliphatic rings. The maximum Gasteiger partial charge on any atom is 0.416 e. The molecule has 0 saturated carbocycles. The predicted octanol–water partition coefficient (Wildman–Crippen LogP) is 2.82. The van der Waals surface area contributed by atoms with E-state index in [1.807, 2.05) is 0 Å².